The Bertz CT molecular complexity index is 403. The average Bonchev–Trinajstić information content (AvgIpc) is 2.51. The molecule has 2 nitrogen and oxygen atoms in total. The van der Waals surface area contributed by atoms with Crippen LogP contribution >= 0.6 is 0 Å². The molecule has 0 saturated carbocycles. The maximum absolute atomic E-state index is 11.9. The minimum Gasteiger partial charge on any atom is -0.352 e. The second-order valence-corrected chi connectivity index (χ2v) is 11.7. The highest BCUT2D eigenvalue weighted by atomic mass is 16.1. The van der Waals surface area contributed by atoms with Crippen LogP contribution in [0.15, 0.2) is 0 Å². The van der Waals surface area contributed by atoms with Gasteiger partial charge in [0.05, 0.1) is 0 Å². The lowest BCUT2D eigenvalue weighted by Crippen LogP contribution is -2.40. The summed E-state index contributed by atoms with van der Waals surface area (Å²) < 4.78 is 0. The maximum atomic E-state index is 11.9. The fourth-order valence-electron chi connectivity index (χ4n) is 4.58. The second-order valence-electron chi connectivity index (χ2n) is 11.7. The van der Waals surface area contributed by atoms with Gasteiger partial charge in [-0.25, -0.2) is 0 Å². The molecule has 0 aliphatic rings. The van der Waals surface area contributed by atoms with Gasteiger partial charge in [-0.15, -0.1) is 0 Å². The van der Waals surface area contributed by atoms with Gasteiger partial charge in [0.2, 0.25) is 5.91 Å². The van der Waals surface area contributed by atoms with Crippen LogP contribution in [-0.4, -0.2) is 11.4 Å². The van der Waals surface area contributed by atoms with Crippen LogP contribution < -0.4 is 5.32 Å². The Balaban J connectivity index is 3.94. The Morgan fingerprint density at radius 1 is 0.643 bits per heavy atom. The summed E-state index contributed by atoms with van der Waals surface area (Å²) in [7, 11) is 0. The SMILES string of the molecule is CCCCCCCCCCC(C)(C)CC(C)(C)CCCCC(=O)NC(C)(C)C. The summed E-state index contributed by atoms with van der Waals surface area (Å²) >= 11 is 0. The van der Waals surface area contributed by atoms with Crippen LogP contribution in [0.2, 0.25) is 0 Å². The third-order valence-corrected chi connectivity index (χ3v) is 5.69. The van der Waals surface area contributed by atoms with Crippen LogP contribution in [0.1, 0.15) is 145 Å². The van der Waals surface area contributed by atoms with Crippen LogP contribution in [0.4, 0.5) is 0 Å². The Kier molecular flexibility index (Phi) is 13.4. The quantitative estimate of drug-likeness (QED) is 0.261. The van der Waals surface area contributed by atoms with E-state index in [1.165, 1.54) is 70.6 Å². The van der Waals surface area contributed by atoms with Crippen molar-refractivity contribution in [1.29, 1.82) is 0 Å². The highest BCUT2D eigenvalue weighted by Gasteiger charge is 2.28. The van der Waals surface area contributed by atoms with Crippen molar-refractivity contribution >= 4 is 5.91 Å². The molecule has 0 aliphatic carbocycles. The van der Waals surface area contributed by atoms with E-state index in [-0.39, 0.29) is 11.4 Å². The highest BCUT2D eigenvalue weighted by Crippen LogP contribution is 2.40. The molecule has 0 atom stereocenters. The number of amides is 1. The minimum absolute atomic E-state index is 0.115. The zero-order chi connectivity index (χ0) is 21.7. The molecule has 0 heterocycles. The topological polar surface area (TPSA) is 29.1 Å². The minimum atomic E-state index is -0.115. The predicted molar refractivity (Wildman–Crippen MR) is 126 cm³/mol. The van der Waals surface area contributed by atoms with Crippen LogP contribution in [0.5, 0.6) is 0 Å². The fourth-order valence-corrected chi connectivity index (χ4v) is 4.58. The van der Waals surface area contributed by atoms with E-state index in [4.69, 9.17) is 0 Å². The van der Waals surface area contributed by atoms with E-state index < -0.39 is 0 Å². The number of hydrogen-bond acceptors (Lipinski definition) is 1. The molecule has 0 unspecified atom stereocenters. The summed E-state index contributed by atoms with van der Waals surface area (Å²) in [5.41, 5.74) is 0.676. The summed E-state index contributed by atoms with van der Waals surface area (Å²) in [6.45, 7) is 18.1. The summed E-state index contributed by atoms with van der Waals surface area (Å²) in [6.07, 6.45) is 17.9. The highest BCUT2D eigenvalue weighted by molar-refractivity contribution is 5.76. The normalized spacial score (nSPS) is 13.0. The molecule has 0 fully saturated rings. The molecule has 0 aromatic carbocycles. The molecule has 1 amide bonds. The molecule has 2 heteroatoms. The van der Waals surface area contributed by atoms with E-state index in [9.17, 15) is 4.79 Å². The molecule has 28 heavy (non-hydrogen) atoms. The molecule has 0 aliphatic heterocycles. The molecule has 0 bridgehead atoms. The summed E-state index contributed by atoms with van der Waals surface area (Å²) in [5.74, 6) is 0.195. The van der Waals surface area contributed by atoms with Crippen molar-refractivity contribution in [2.75, 3.05) is 0 Å². The number of carbonyl (C=O) groups is 1. The molecule has 0 rings (SSSR count). The first-order chi connectivity index (χ1) is 12.9. The Morgan fingerprint density at radius 3 is 1.54 bits per heavy atom. The number of rotatable bonds is 16. The molecule has 0 spiro atoms. The van der Waals surface area contributed by atoms with E-state index in [1.807, 2.05) is 20.8 Å². The van der Waals surface area contributed by atoms with Gasteiger partial charge in [0, 0.05) is 12.0 Å². The molecular formula is C26H53NO. The van der Waals surface area contributed by atoms with Crippen LogP contribution in [0.25, 0.3) is 0 Å². The molecule has 0 saturated heterocycles. The van der Waals surface area contributed by atoms with Gasteiger partial charge >= 0.3 is 0 Å². The molecular weight excluding hydrogens is 342 g/mol. The van der Waals surface area contributed by atoms with Crippen molar-refractivity contribution in [2.45, 2.75) is 151 Å². The summed E-state index contributed by atoms with van der Waals surface area (Å²) in [4.78, 5) is 11.9. The molecule has 0 radical (unpaired) electrons. The third kappa shape index (κ3) is 17.6. The first kappa shape index (κ1) is 27.5. The van der Waals surface area contributed by atoms with Crippen molar-refractivity contribution in [3.8, 4) is 0 Å². The molecule has 0 aromatic heterocycles. The van der Waals surface area contributed by atoms with Gasteiger partial charge < -0.3 is 5.32 Å². The van der Waals surface area contributed by atoms with Crippen molar-refractivity contribution in [3.63, 3.8) is 0 Å². The van der Waals surface area contributed by atoms with Gasteiger partial charge in [0.15, 0.2) is 0 Å². The lowest BCUT2D eigenvalue weighted by Gasteiger charge is -2.35. The number of unbranched alkanes of at least 4 members (excludes halogenated alkanes) is 8. The number of nitrogens with one attached hydrogen (secondary N) is 1. The van der Waals surface area contributed by atoms with Crippen molar-refractivity contribution in [1.82, 2.24) is 5.32 Å². The maximum Gasteiger partial charge on any atom is 0.220 e. The van der Waals surface area contributed by atoms with Crippen LogP contribution in [-0.2, 0) is 4.79 Å². The first-order valence-corrected chi connectivity index (χ1v) is 12.2. The molecule has 1 N–H and O–H groups in total. The van der Waals surface area contributed by atoms with Crippen molar-refractivity contribution < 1.29 is 4.79 Å². The average molecular weight is 396 g/mol. The van der Waals surface area contributed by atoms with Crippen molar-refractivity contribution in [2.24, 2.45) is 10.8 Å². The second kappa shape index (κ2) is 13.6. The number of hydrogen-bond donors (Lipinski definition) is 1. The summed E-state index contributed by atoms with van der Waals surface area (Å²) in [6, 6.07) is 0. The molecule has 0 aromatic rings. The zero-order valence-electron chi connectivity index (χ0n) is 20.8. The van der Waals surface area contributed by atoms with Gasteiger partial charge in [-0.1, -0.05) is 92.4 Å². The van der Waals surface area contributed by atoms with E-state index in [1.54, 1.807) is 0 Å². The first-order valence-electron chi connectivity index (χ1n) is 12.2. The van der Waals surface area contributed by atoms with Gasteiger partial charge in [-0.2, -0.15) is 0 Å². The van der Waals surface area contributed by atoms with E-state index in [2.05, 4.69) is 39.9 Å². The third-order valence-electron chi connectivity index (χ3n) is 5.69. The van der Waals surface area contributed by atoms with Gasteiger partial charge in [0.1, 0.15) is 0 Å². The fraction of sp³-hybridized carbons (Fsp3) is 0.962. The van der Waals surface area contributed by atoms with E-state index in [0.29, 0.717) is 17.3 Å². The largest absolute Gasteiger partial charge is 0.352 e. The monoisotopic (exact) mass is 395 g/mol. The predicted octanol–water partition coefficient (Wildman–Crippen LogP) is 8.43. The van der Waals surface area contributed by atoms with Crippen LogP contribution in [0.3, 0.4) is 0 Å². The van der Waals surface area contributed by atoms with Gasteiger partial charge in [-0.05, 0) is 57.3 Å². The number of carbonyl (C=O) groups excluding carboxylic acids is 1. The lowest BCUT2D eigenvalue weighted by molar-refractivity contribution is -0.122. The summed E-state index contributed by atoms with van der Waals surface area (Å²) in [5, 5.41) is 3.06. The van der Waals surface area contributed by atoms with E-state index in [0.717, 1.165) is 12.8 Å². The van der Waals surface area contributed by atoms with Gasteiger partial charge in [0.25, 0.3) is 0 Å². The van der Waals surface area contributed by atoms with Gasteiger partial charge in [-0.3, -0.25) is 4.79 Å². The van der Waals surface area contributed by atoms with Crippen molar-refractivity contribution in [3.05, 3.63) is 0 Å². The smallest absolute Gasteiger partial charge is 0.220 e. The Hall–Kier alpha value is -0.530. The lowest BCUT2D eigenvalue weighted by atomic mass is 9.70. The standard InChI is InChI=1S/C26H53NO/c1-9-10-11-12-13-14-15-17-20-25(5,6)22-26(7,8)21-18-16-19-23(28)27-24(2,3)4/h9-22H2,1-8H3,(H,27,28). The molecule has 168 valence electrons. The van der Waals surface area contributed by atoms with E-state index >= 15 is 0 Å². The Morgan fingerprint density at radius 2 is 1.07 bits per heavy atom. The Labute approximate surface area is 178 Å². The zero-order valence-corrected chi connectivity index (χ0v) is 20.8. The van der Waals surface area contributed by atoms with Crippen LogP contribution in [0, 0.1) is 10.8 Å².